The normalized spacial score (nSPS) is 23.8. The largest absolute Gasteiger partial charge is 0.481 e. The second-order valence-corrected chi connectivity index (χ2v) is 10.7. The molecule has 5 heterocycles. The van der Waals surface area contributed by atoms with Gasteiger partial charge in [-0.25, -0.2) is 0 Å². The summed E-state index contributed by atoms with van der Waals surface area (Å²) in [4.78, 5) is 48.1. The number of carbonyl (C=O) groups excluding carboxylic acids is 2. The maximum Gasteiger partial charge on any atom is 0.313 e. The van der Waals surface area contributed by atoms with Crippen molar-refractivity contribution in [1.29, 1.82) is 0 Å². The minimum atomic E-state index is -1.21. The summed E-state index contributed by atoms with van der Waals surface area (Å²) in [6.07, 6.45) is 0. The number of anilines is 1. The van der Waals surface area contributed by atoms with E-state index in [1.54, 1.807) is 12.1 Å². The number of carboxylic acid groups (broad SMARTS) is 1. The highest BCUT2D eigenvalue weighted by Gasteiger charge is 2.57. The lowest BCUT2D eigenvalue weighted by molar-refractivity contribution is -0.157. The third kappa shape index (κ3) is 4.28. The minimum absolute atomic E-state index is 0.00543. The van der Waals surface area contributed by atoms with E-state index < -0.39 is 34.6 Å². The molecule has 19 heteroatoms. The average molecular weight is 552 g/mol. The molecule has 0 saturated carbocycles. The number of hydrogen-bond donors (Lipinski definition) is 3. The number of amides is 2. The molecule has 16 nitrogen and oxygen atoms in total. The van der Waals surface area contributed by atoms with Gasteiger partial charge in [0.2, 0.25) is 17.4 Å². The third-order valence-electron chi connectivity index (χ3n) is 5.48. The summed E-state index contributed by atoms with van der Waals surface area (Å²) in [5, 5.41) is 31.9. The van der Waals surface area contributed by atoms with Crippen LogP contribution in [0.4, 0.5) is 5.13 Å². The van der Waals surface area contributed by atoms with E-state index in [-0.39, 0.29) is 34.7 Å². The SMILES string of the molecule is CON=C(C(=O)NC1C(=O)N2CC(CSc3ccc4nnnn4n3)(C(=O)O)CS[C@H]12)c1nsc(N)n1. The van der Waals surface area contributed by atoms with Gasteiger partial charge in [0.15, 0.2) is 10.8 Å². The van der Waals surface area contributed by atoms with Crippen molar-refractivity contribution in [3.63, 3.8) is 0 Å². The summed E-state index contributed by atoms with van der Waals surface area (Å²) >= 11 is 3.41. The van der Waals surface area contributed by atoms with Crippen LogP contribution in [-0.4, -0.2) is 105 Å². The molecule has 2 unspecified atom stereocenters. The molecule has 4 N–H and O–H groups in total. The highest BCUT2D eigenvalue weighted by atomic mass is 32.2. The Balaban J connectivity index is 1.25. The molecule has 2 fully saturated rings. The van der Waals surface area contributed by atoms with Crippen molar-refractivity contribution in [2.45, 2.75) is 16.4 Å². The van der Waals surface area contributed by atoms with Crippen LogP contribution in [0.1, 0.15) is 5.82 Å². The topological polar surface area (TPSA) is 216 Å². The zero-order valence-corrected chi connectivity index (χ0v) is 20.8. The number of carboxylic acids is 1. The van der Waals surface area contributed by atoms with E-state index in [4.69, 9.17) is 10.6 Å². The Morgan fingerprint density at radius 1 is 1.44 bits per heavy atom. The molecule has 2 saturated heterocycles. The molecule has 3 aromatic rings. The average Bonchev–Trinajstić information content (AvgIpc) is 3.52. The van der Waals surface area contributed by atoms with E-state index in [0.717, 1.165) is 11.5 Å². The highest BCUT2D eigenvalue weighted by molar-refractivity contribution is 8.00. The molecule has 5 rings (SSSR count). The summed E-state index contributed by atoms with van der Waals surface area (Å²) < 4.78 is 5.21. The van der Waals surface area contributed by atoms with Gasteiger partial charge < -0.3 is 25.9 Å². The molecule has 188 valence electrons. The molecule has 2 amide bonds. The first-order chi connectivity index (χ1) is 17.3. The van der Waals surface area contributed by atoms with Crippen molar-refractivity contribution in [3.8, 4) is 0 Å². The second kappa shape index (κ2) is 9.47. The Bertz CT molecular complexity index is 1380. The fourth-order valence-corrected chi connectivity index (χ4v) is 6.79. The molecule has 0 aliphatic carbocycles. The lowest BCUT2D eigenvalue weighted by Gasteiger charge is -2.53. The van der Waals surface area contributed by atoms with Crippen LogP contribution in [-0.2, 0) is 19.2 Å². The zero-order chi connectivity index (χ0) is 25.4. The Kier molecular flexibility index (Phi) is 6.35. The molecule has 2 aliphatic rings. The molecule has 3 aromatic heterocycles. The predicted molar refractivity (Wildman–Crippen MR) is 127 cm³/mol. The van der Waals surface area contributed by atoms with Gasteiger partial charge in [-0.15, -0.1) is 38.4 Å². The van der Waals surface area contributed by atoms with Crippen molar-refractivity contribution in [1.82, 2.24) is 44.8 Å². The van der Waals surface area contributed by atoms with Gasteiger partial charge in [0.25, 0.3) is 5.91 Å². The van der Waals surface area contributed by atoms with Crippen LogP contribution in [0, 0.1) is 5.41 Å². The number of nitrogens with two attached hydrogens (primary N) is 1. The van der Waals surface area contributed by atoms with Crippen molar-refractivity contribution in [2.24, 2.45) is 10.6 Å². The van der Waals surface area contributed by atoms with Gasteiger partial charge in [-0.3, -0.25) is 14.4 Å². The van der Waals surface area contributed by atoms with Gasteiger partial charge in [0.1, 0.15) is 29.0 Å². The fourth-order valence-electron chi connectivity index (χ4n) is 3.64. The zero-order valence-electron chi connectivity index (χ0n) is 18.3. The standard InChI is InChI=1S/C17H17N11O5S3/c1-33-23-9(11-20-16(18)36-24-11)12(29)19-10-13(30)27-4-17(15(31)32,6-35-14(10)27)5-34-8-3-2-7-21-25-26-28(7)22-8/h2-3,10,14H,4-6H2,1H3,(H,19,29)(H,31,32)(H2,18,20,24)/t10?,14-,17?/m1/s1. The molecular weight excluding hydrogens is 534 g/mol. The van der Waals surface area contributed by atoms with E-state index in [9.17, 15) is 19.5 Å². The first kappa shape index (κ1) is 24.1. The molecule has 2 aliphatic heterocycles. The predicted octanol–water partition coefficient (Wildman–Crippen LogP) is -1.43. The summed E-state index contributed by atoms with van der Waals surface area (Å²) in [5.74, 6) is -1.74. The molecule has 0 aromatic carbocycles. The Labute approximate surface area is 214 Å². The third-order valence-corrected chi connectivity index (χ3v) is 8.82. The monoisotopic (exact) mass is 551 g/mol. The molecule has 3 atom stereocenters. The number of β-lactam (4-membered cyclic amide) rings is 1. The molecule has 0 radical (unpaired) electrons. The van der Waals surface area contributed by atoms with Crippen LogP contribution in [0.25, 0.3) is 5.65 Å². The smallest absolute Gasteiger partial charge is 0.313 e. The molecule has 0 bridgehead atoms. The van der Waals surface area contributed by atoms with Crippen molar-refractivity contribution < 1.29 is 24.3 Å². The van der Waals surface area contributed by atoms with Crippen LogP contribution >= 0.6 is 35.1 Å². The summed E-state index contributed by atoms with van der Waals surface area (Å²) in [6, 6.07) is 2.52. The number of rotatable bonds is 8. The Morgan fingerprint density at radius 2 is 2.28 bits per heavy atom. The van der Waals surface area contributed by atoms with E-state index in [0.29, 0.717) is 10.7 Å². The highest BCUT2D eigenvalue weighted by Crippen LogP contribution is 2.44. The number of nitrogens with one attached hydrogen (secondary N) is 1. The van der Waals surface area contributed by atoms with E-state index >= 15 is 0 Å². The van der Waals surface area contributed by atoms with Crippen LogP contribution in [0.5, 0.6) is 0 Å². The van der Waals surface area contributed by atoms with Gasteiger partial charge in [0.05, 0.1) is 0 Å². The van der Waals surface area contributed by atoms with Crippen LogP contribution < -0.4 is 11.1 Å². The quantitative estimate of drug-likeness (QED) is 0.127. The van der Waals surface area contributed by atoms with Crippen LogP contribution in [0.3, 0.4) is 0 Å². The lowest BCUT2D eigenvalue weighted by Crippen LogP contribution is -2.74. The number of oxime groups is 1. The van der Waals surface area contributed by atoms with Crippen LogP contribution in [0.2, 0.25) is 0 Å². The number of hydrogen-bond acceptors (Lipinski definition) is 15. The van der Waals surface area contributed by atoms with Crippen molar-refractivity contribution >= 4 is 69.3 Å². The van der Waals surface area contributed by atoms with Crippen molar-refractivity contribution in [2.75, 3.05) is 30.9 Å². The summed E-state index contributed by atoms with van der Waals surface area (Å²) in [7, 11) is 1.26. The maximum absolute atomic E-state index is 12.9. The summed E-state index contributed by atoms with van der Waals surface area (Å²) in [6.45, 7) is -0.00543. The first-order valence-electron chi connectivity index (χ1n) is 10.2. The number of aromatic nitrogens is 7. The minimum Gasteiger partial charge on any atom is -0.481 e. The Hall–Kier alpha value is -3.58. The molecule has 36 heavy (non-hydrogen) atoms. The van der Waals surface area contributed by atoms with Gasteiger partial charge in [-0.2, -0.15) is 9.36 Å². The number of nitrogens with zero attached hydrogens (tertiary/aromatic N) is 9. The van der Waals surface area contributed by atoms with Gasteiger partial charge in [0, 0.05) is 29.6 Å². The van der Waals surface area contributed by atoms with E-state index in [1.165, 1.54) is 40.2 Å². The molecule has 0 spiro atoms. The number of nitrogen functional groups attached to an aromatic ring is 1. The van der Waals surface area contributed by atoms with Crippen LogP contribution in [0.15, 0.2) is 22.3 Å². The van der Waals surface area contributed by atoms with E-state index in [1.807, 2.05) is 0 Å². The van der Waals surface area contributed by atoms with Crippen molar-refractivity contribution in [3.05, 3.63) is 18.0 Å². The van der Waals surface area contributed by atoms with Gasteiger partial charge in [-0.1, -0.05) is 5.16 Å². The van der Waals surface area contributed by atoms with Gasteiger partial charge in [-0.05, 0) is 22.6 Å². The Morgan fingerprint density at radius 3 is 3.00 bits per heavy atom. The van der Waals surface area contributed by atoms with Gasteiger partial charge >= 0.3 is 5.97 Å². The number of tetrazole rings is 1. The fraction of sp³-hybridized carbons (Fsp3) is 0.412. The number of fused-ring (bicyclic) bond motifs is 2. The molecular formula is C17H17N11O5S3. The number of aliphatic carboxylic acids is 1. The maximum atomic E-state index is 12.9. The number of carbonyl (C=O) groups is 3. The van der Waals surface area contributed by atoms with E-state index in [2.05, 4.69) is 40.5 Å². The summed E-state index contributed by atoms with van der Waals surface area (Å²) in [5.41, 5.74) is 4.62. The first-order valence-corrected chi connectivity index (χ1v) is 13.0. The second-order valence-electron chi connectivity index (χ2n) is 7.77. The lowest BCUT2D eigenvalue weighted by atomic mass is 9.89. The number of thioether (sulfide) groups is 2.